The monoisotopic (exact) mass is 267 g/mol. The number of rotatable bonds is 3. The lowest BCUT2D eigenvalue weighted by atomic mass is 10.0. The Morgan fingerprint density at radius 3 is 2.30 bits per heavy atom. The number of benzene rings is 2. The molecule has 1 heterocycles. The molecule has 0 unspecified atom stereocenters. The molecule has 0 saturated carbocycles. The van der Waals surface area contributed by atoms with Crippen molar-refractivity contribution in [3.05, 3.63) is 59.7 Å². The van der Waals surface area contributed by atoms with Gasteiger partial charge in [-0.15, -0.1) is 0 Å². The molecule has 1 N–H and O–H groups in total. The first kappa shape index (κ1) is 12.6. The Kier molecular flexibility index (Phi) is 3.33. The number of fused-ring (bicyclic) bond motifs is 1. The highest BCUT2D eigenvalue weighted by atomic mass is 16.5. The molecule has 0 aromatic heterocycles. The lowest BCUT2D eigenvalue weighted by molar-refractivity contribution is 0.415. The van der Waals surface area contributed by atoms with Crippen LogP contribution in [-0.4, -0.2) is 14.2 Å². The van der Waals surface area contributed by atoms with Crippen LogP contribution >= 0.6 is 0 Å². The summed E-state index contributed by atoms with van der Waals surface area (Å²) < 4.78 is 10.5. The first-order valence-corrected chi connectivity index (χ1v) is 6.58. The number of hydrogen-bond donors (Lipinski definition) is 1. The molecule has 1 aliphatic rings. The molecule has 0 radical (unpaired) electrons. The number of ether oxygens (including phenoxy) is 2. The minimum absolute atomic E-state index is 0.868. The van der Waals surface area contributed by atoms with Gasteiger partial charge in [-0.25, -0.2) is 0 Å². The van der Waals surface area contributed by atoms with Crippen molar-refractivity contribution in [1.82, 2.24) is 0 Å². The Balaban J connectivity index is 1.87. The maximum atomic E-state index is 5.28. The zero-order valence-electron chi connectivity index (χ0n) is 11.6. The topological polar surface area (TPSA) is 30.5 Å². The van der Waals surface area contributed by atoms with Crippen LogP contribution in [0.15, 0.2) is 48.5 Å². The van der Waals surface area contributed by atoms with Crippen LogP contribution < -0.4 is 14.8 Å². The molecule has 0 spiro atoms. The number of methoxy groups -OCH3 is 2. The zero-order chi connectivity index (χ0) is 13.9. The SMILES string of the molecule is COc1ccc(C2=CCc3ccc(OC)cc3N2)cc1. The highest BCUT2D eigenvalue weighted by molar-refractivity contribution is 5.81. The number of allylic oxidation sites excluding steroid dienone is 1. The Labute approximate surface area is 118 Å². The lowest BCUT2D eigenvalue weighted by Crippen LogP contribution is -2.07. The van der Waals surface area contributed by atoms with Crippen molar-refractivity contribution in [2.75, 3.05) is 19.5 Å². The normalized spacial score (nSPS) is 13.0. The van der Waals surface area contributed by atoms with Gasteiger partial charge in [0.2, 0.25) is 0 Å². The van der Waals surface area contributed by atoms with Crippen LogP contribution in [0.1, 0.15) is 11.1 Å². The van der Waals surface area contributed by atoms with Crippen molar-refractivity contribution in [3.63, 3.8) is 0 Å². The van der Waals surface area contributed by atoms with Crippen molar-refractivity contribution in [3.8, 4) is 11.5 Å². The molecule has 3 heteroatoms. The third-order valence-corrected chi connectivity index (χ3v) is 3.51. The van der Waals surface area contributed by atoms with Gasteiger partial charge in [0.05, 0.1) is 14.2 Å². The van der Waals surface area contributed by atoms with Gasteiger partial charge < -0.3 is 14.8 Å². The Morgan fingerprint density at radius 2 is 1.60 bits per heavy atom. The second-order valence-electron chi connectivity index (χ2n) is 4.70. The second kappa shape index (κ2) is 5.29. The summed E-state index contributed by atoms with van der Waals surface area (Å²) in [5.74, 6) is 1.74. The van der Waals surface area contributed by atoms with Gasteiger partial charge in [-0.3, -0.25) is 0 Å². The van der Waals surface area contributed by atoms with Crippen LogP contribution in [0.2, 0.25) is 0 Å². The van der Waals surface area contributed by atoms with Gasteiger partial charge in [-0.2, -0.15) is 0 Å². The third-order valence-electron chi connectivity index (χ3n) is 3.51. The van der Waals surface area contributed by atoms with Crippen LogP contribution in [-0.2, 0) is 6.42 Å². The molecule has 0 saturated heterocycles. The van der Waals surface area contributed by atoms with E-state index >= 15 is 0 Å². The molecule has 0 amide bonds. The fourth-order valence-electron chi connectivity index (χ4n) is 2.35. The number of hydrogen-bond acceptors (Lipinski definition) is 3. The lowest BCUT2D eigenvalue weighted by Gasteiger charge is -2.20. The van der Waals surface area contributed by atoms with Crippen LogP contribution in [0, 0.1) is 0 Å². The highest BCUT2D eigenvalue weighted by Gasteiger charge is 2.12. The quantitative estimate of drug-likeness (QED) is 0.919. The fourth-order valence-corrected chi connectivity index (χ4v) is 2.35. The predicted molar refractivity (Wildman–Crippen MR) is 81.3 cm³/mol. The van der Waals surface area contributed by atoms with Gasteiger partial charge in [-0.05, 0) is 47.9 Å². The third kappa shape index (κ3) is 2.35. The van der Waals surface area contributed by atoms with Gasteiger partial charge in [0, 0.05) is 17.5 Å². The van der Waals surface area contributed by atoms with Gasteiger partial charge >= 0.3 is 0 Å². The van der Waals surface area contributed by atoms with Crippen LogP contribution in [0.5, 0.6) is 11.5 Å². The summed E-state index contributed by atoms with van der Waals surface area (Å²) in [6.45, 7) is 0. The molecule has 102 valence electrons. The molecule has 3 rings (SSSR count). The molecule has 2 aromatic carbocycles. The smallest absolute Gasteiger partial charge is 0.120 e. The summed E-state index contributed by atoms with van der Waals surface area (Å²) in [6, 6.07) is 14.2. The minimum atomic E-state index is 0.868. The average Bonchev–Trinajstić information content (AvgIpc) is 2.54. The average molecular weight is 267 g/mol. The summed E-state index contributed by atoms with van der Waals surface area (Å²) in [4.78, 5) is 0. The molecular formula is C17H17NO2. The summed E-state index contributed by atoms with van der Waals surface area (Å²) in [5.41, 5.74) is 4.66. The zero-order valence-corrected chi connectivity index (χ0v) is 11.6. The molecule has 0 aliphatic carbocycles. The van der Waals surface area contributed by atoms with E-state index in [2.05, 4.69) is 29.6 Å². The molecule has 0 atom stereocenters. The first-order chi connectivity index (χ1) is 9.80. The first-order valence-electron chi connectivity index (χ1n) is 6.58. The molecule has 20 heavy (non-hydrogen) atoms. The van der Waals surface area contributed by atoms with E-state index in [-0.39, 0.29) is 0 Å². The van der Waals surface area contributed by atoms with E-state index in [1.807, 2.05) is 24.3 Å². The standard InChI is InChI=1S/C17H17NO2/c1-19-14-7-3-12(4-8-14)16-10-6-13-5-9-15(20-2)11-17(13)18-16/h3-5,7-11,18H,6H2,1-2H3. The second-order valence-corrected chi connectivity index (χ2v) is 4.70. The van der Waals surface area contributed by atoms with Crippen molar-refractivity contribution in [1.29, 1.82) is 0 Å². The maximum Gasteiger partial charge on any atom is 0.120 e. The van der Waals surface area contributed by atoms with Gasteiger partial charge in [0.25, 0.3) is 0 Å². The molecule has 0 fully saturated rings. The Hall–Kier alpha value is -2.42. The van der Waals surface area contributed by atoms with E-state index in [0.717, 1.165) is 34.9 Å². The summed E-state index contributed by atoms with van der Waals surface area (Å²) in [7, 11) is 3.36. The van der Waals surface area contributed by atoms with E-state index in [9.17, 15) is 0 Å². The van der Waals surface area contributed by atoms with E-state index in [1.165, 1.54) is 5.56 Å². The molecular weight excluding hydrogens is 250 g/mol. The fraction of sp³-hybridized carbons (Fsp3) is 0.176. The molecule has 3 nitrogen and oxygen atoms in total. The highest BCUT2D eigenvalue weighted by Crippen LogP contribution is 2.31. The van der Waals surface area contributed by atoms with E-state index < -0.39 is 0 Å². The number of anilines is 1. The number of nitrogens with one attached hydrogen (secondary N) is 1. The maximum absolute atomic E-state index is 5.28. The van der Waals surface area contributed by atoms with Gasteiger partial charge in [0.1, 0.15) is 11.5 Å². The van der Waals surface area contributed by atoms with Crippen molar-refractivity contribution >= 4 is 11.4 Å². The van der Waals surface area contributed by atoms with Crippen molar-refractivity contribution < 1.29 is 9.47 Å². The van der Waals surface area contributed by atoms with Gasteiger partial charge in [0.15, 0.2) is 0 Å². The van der Waals surface area contributed by atoms with Crippen LogP contribution in [0.3, 0.4) is 0 Å². The largest absolute Gasteiger partial charge is 0.497 e. The molecule has 1 aliphatic heterocycles. The minimum Gasteiger partial charge on any atom is -0.497 e. The van der Waals surface area contributed by atoms with Crippen LogP contribution in [0.25, 0.3) is 5.70 Å². The van der Waals surface area contributed by atoms with E-state index in [4.69, 9.17) is 9.47 Å². The van der Waals surface area contributed by atoms with Crippen LogP contribution in [0.4, 0.5) is 5.69 Å². The predicted octanol–water partition coefficient (Wildman–Crippen LogP) is 3.71. The molecule has 0 bridgehead atoms. The summed E-state index contributed by atoms with van der Waals surface area (Å²) in [5, 5.41) is 3.47. The Bertz CT molecular complexity index is 645. The van der Waals surface area contributed by atoms with E-state index in [1.54, 1.807) is 14.2 Å². The Morgan fingerprint density at radius 1 is 0.900 bits per heavy atom. The molecule has 2 aromatic rings. The van der Waals surface area contributed by atoms with Crippen molar-refractivity contribution in [2.24, 2.45) is 0 Å². The van der Waals surface area contributed by atoms with Gasteiger partial charge in [-0.1, -0.05) is 12.1 Å². The summed E-state index contributed by atoms with van der Waals surface area (Å²) >= 11 is 0. The summed E-state index contributed by atoms with van der Waals surface area (Å²) in [6.07, 6.45) is 3.13. The van der Waals surface area contributed by atoms with E-state index in [0.29, 0.717) is 0 Å². The van der Waals surface area contributed by atoms with Crippen molar-refractivity contribution in [2.45, 2.75) is 6.42 Å².